The second kappa shape index (κ2) is 15.3. The summed E-state index contributed by atoms with van der Waals surface area (Å²) < 4.78 is 0. The summed E-state index contributed by atoms with van der Waals surface area (Å²) in [5.74, 6) is 0. The van der Waals surface area contributed by atoms with E-state index in [-0.39, 0.29) is 38.1 Å². The van der Waals surface area contributed by atoms with E-state index in [1.807, 2.05) is 25.2 Å². The Morgan fingerprint density at radius 1 is 0.611 bits per heavy atom. The van der Waals surface area contributed by atoms with Crippen LogP contribution in [0.25, 0.3) is 54.6 Å². The molecule has 8 aromatic carbocycles. The van der Waals surface area contributed by atoms with Crippen LogP contribution in [0.2, 0.25) is 0 Å². The van der Waals surface area contributed by atoms with Crippen LogP contribution in [0, 0.1) is 5.41 Å². The Kier molecular flexibility index (Phi) is 10.6. The van der Waals surface area contributed by atoms with E-state index < -0.39 is 0 Å². The summed E-state index contributed by atoms with van der Waals surface area (Å²) in [4.78, 5) is 0. The largest absolute Gasteiger partial charge is 0.386 e. The van der Waals surface area contributed by atoms with E-state index in [9.17, 15) is 5.21 Å². The monoisotopic (exact) mass is 778 g/mol. The summed E-state index contributed by atoms with van der Waals surface area (Å²) in [7, 11) is 3.48. The minimum Gasteiger partial charge on any atom is -0.386 e. The molecule has 0 aromatic heterocycles. The Balaban J connectivity index is 0.000000167. The first-order chi connectivity index (χ1) is 25.8. The molecule has 0 spiro atoms. The third-order valence-electron chi connectivity index (χ3n) is 10.9. The Morgan fingerprint density at radius 3 is 1.74 bits per heavy atom. The van der Waals surface area contributed by atoms with E-state index in [1.165, 1.54) is 66.5 Å². The van der Waals surface area contributed by atoms with Crippen LogP contribution in [-0.4, -0.2) is 25.5 Å². The molecule has 0 amide bonds. The molecule has 0 fully saturated rings. The van der Waals surface area contributed by atoms with Crippen molar-refractivity contribution in [2.24, 2.45) is 0 Å². The fraction of sp³-hybridized carbons (Fsp3) is 0.122. The molecular formula is C49H43N3OY. The van der Waals surface area contributed by atoms with E-state index in [0.29, 0.717) is 0 Å². The zero-order chi connectivity index (χ0) is 36.7. The first-order valence-corrected chi connectivity index (χ1v) is 18.2. The van der Waals surface area contributed by atoms with Gasteiger partial charge in [-0.1, -0.05) is 147 Å². The van der Waals surface area contributed by atoms with Crippen LogP contribution in [0.5, 0.6) is 0 Å². The smallest absolute Gasteiger partial charge is 0.0868 e. The summed E-state index contributed by atoms with van der Waals surface area (Å²) in [6.07, 6.45) is 2.43. The van der Waals surface area contributed by atoms with Crippen molar-refractivity contribution in [3.63, 3.8) is 0 Å². The molecule has 1 aliphatic carbocycles. The normalized spacial score (nSPS) is 12.3. The van der Waals surface area contributed by atoms with Gasteiger partial charge < -0.3 is 10.7 Å². The van der Waals surface area contributed by atoms with Crippen molar-refractivity contribution in [2.45, 2.75) is 25.7 Å². The van der Waals surface area contributed by atoms with Crippen LogP contribution in [0.4, 0.5) is 11.4 Å². The van der Waals surface area contributed by atoms with E-state index in [2.05, 4.69) is 153 Å². The molecule has 0 saturated heterocycles. The number of nitrogens with zero attached hydrogens (tertiary/aromatic N) is 1. The van der Waals surface area contributed by atoms with Gasteiger partial charge >= 0.3 is 0 Å². The topological polar surface area (TPSA) is 59.4 Å². The van der Waals surface area contributed by atoms with Gasteiger partial charge in [-0.05, 0) is 101 Å². The number of anilines is 2. The molecule has 1 radical (unpaired) electrons. The summed E-state index contributed by atoms with van der Waals surface area (Å²) in [5.41, 5.74) is 12.8. The average Bonchev–Trinajstić information content (AvgIpc) is 3.45. The standard InChI is InChI=1S/C28H21N.C21H22N2O.Y/c1-28(2)24-15-17(16-29)18-9-3-6-12-21(18)25(24)26-22-13-7-4-10-19(22)20-11-5-8-14-23(20)27(26)28;1-22-20-13-12-19(15-21(20)23(2)24)18-10-8-17(9-11-18)14-16-6-4-3-5-7-16;/h3-16,29H,1-2H3;3-13,15,22,24H,14H2,1-2H3;. The maximum absolute atomic E-state index is 9.81. The fourth-order valence-corrected chi connectivity index (χ4v) is 8.31. The number of hydroxylamine groups is 1. The minimum atomic E-state index is -0.129. The summed E-state index contributed by atoms with van der Waals surface area (Å²) in [6, 6.07) is 53.5. The van der Waals surface area contributed by atoms with Crippen molar-refractivity contribution >= 4 is 49.9 Å². The van der Waals surface area contributed by atoms with Crippen molar-refractivity contribution in [3.8, 4) is 22.3 Å². The summed E-state index contributed by atoms with van der Waals surface area (Å²) in [6.45, 7) is 4.67. The van der Waals surface area contributed by atoms with E-state index in [1.54, 1.807) is 7.05 Å². The molecule has 4 nitrogen and oxygen atoms in total. The molecule has 5 heteroatoms. The van der Waals surface area contributed by atoms with Gasteiger partial charge in [0.05, 0.1) is 11.4 Å². The van der Waals surface area contributed by atoms with E-state index >= 15 is 0 Å². The number of rotatable bonds is 6. The molecule has 3 N–H and O–H groups in total. The Labute approximate surface area is 342 Å². The van der Waals surface area contributed by atoms with Gasteiger partial charge in [0, 0.05) is 64.0 Å². The third kappa shape index (κ3) is 6.53. The van der Waals surface area contributed by atoms with Gasteiger partial charge in [0.2, 0.25) is 0 Å². The molecule has 0 aliphatic heterocycles. The second-order valence-corrected chi connectivity index (χ2v) is 14.4. The zero-order valence-corrected chi connectivity index (χ0v) is 34.0. The van der Waals surface area contributed by atoms with Gasteiger partial charge in [-0.2, -0.15) is 0 Å². The summed E-state index contributed by atoms with van der Waals surface area (Å²) >= 11 is 0. The molecule has 0 atom stereocenters. The van der Waals surface area contributed by atoms with Crippen molar-refractivity contribution in [1.82, 2.24) is 0 Å². The molecule has 1 aliphatic rings. The SMILES string of the molecule is CC1(C)c2cc(C=N)c3ccccc3c2-c2c1c1ccccc1c1ccccc21.CNc1ccc(-c2ccc(Cc3ccccc3)cc2)cc1N(C)O.[Y]. The minimum absolute atomic E-state index is 0. The van der Waals surface area contributed by atoms with E-state index in [4.69, 9.17) is 5.41 Å². The summed E-state index contributed by atoms with van der Waals surface area (Å²) in [5, 5.41) is 29.7. The second-order valence-electron chi connectivity index (χ2n) is 14.4. The van der Waals surface area contributed by atoms with Crippen LogP contribution in [-0.2, 0) is 44.5 Å². The number of nitrogens with one attached hydrogen (secondary N) is 2. The molecule has 0 bridgehead atoms. The van der Waals surface area contributed by atoms with Gasteiger partial charge in [0.25, 0.3) is 0 Å². The number of fused-ring (bicyclic) bond motifs is 10. The van der Waals surface area contributed by atoms with Crippen molar-refractivity contribution in [3.05, 3.63) is 179 Å². The Bertz CT molecular complexity index is 2650. The molecule has 9 rings (SSSR count). The molecular weight excluding hydrogens is 735 g/mol. The molecule has 263 valence electrons. The van der Waals surface area contributed by atoms with Crippen LogP contribution in [0.3, 0.4) is 0 Å². The van der Waals surface area contributed by atoms with Crippen molar-refractivity contribution in [1.29, 1.82) is 5.41 Å². The zero-order valence-electron chi connectivity index (χ0n) is 31.2. The third-order valence-corrected chi connectivity index (χ3v) is 10.9. The van der Waals surface area contributed by atoms with Gasteiger partial charge in [0.15, 0.2) is 0 Å². The van der Waals surface area contributed by atoms with Gasteiger partial charge in [-0.3, -0.25) is 10.3 Å². The molecule has 0 heterocycles. The van der Waals surface area contributed by atoms with E-state index in [0.717, 1.165) is 44.9 Å². The van der Waals surface area contributed by atoms with Crippen molar-refractivity contribution in [2.75, 3.05) is 24.5 Å². The first-order valence-electron chi connectivity index (χ1n) is 18.2. The van der Waals surface area contributed by atoms with Gasteiger partial charge in [-0.25, -0.2) is 0 Å². The van der Waals surface area contributed by atoms with Gasteiger partial charge in [0.1, 0.15) is 0 Å². The van der Waals surface area contributed by atoms with Crippen LogP contribution >= 0.6 is 0 Å². The van der Waals surface area contributed by atoms with Crippen LogP contribution in [0.15, 0.2) is 152 Å². The van der Waals surface area contributed by atoms with Gasteiger partial charge in [-0.15, -0.1) is 0 Å². The molecule has 8 aromatic rings. The quantitative estimate of drug-likeness (QED) is 0.0895. The first kappa shape index (κ1) is 37.2. The predicted octanol–water partition coefficient (Wildman–Crippen LogP) is 12.3. The fourth-order valence-electron chi connectivity index (χ4n) is 8.31. The van der Waals surface area contributed by atoms with Crippen LogP contribution < -0.4 is 10.4 Å². The number of hydrogen-bond donors (Lipinski definition) is 3. The molecule has 0 unspecified atom stereocenters. The maximum Gasteiger partial charge on any atom is 0.0868 e. The number of benzene rings is 8. The Hall–Kier alpha value is -5.13. The average molecular weight is 779 g/mol. The van der Waals surface area contributed by atoms with Crippen molar-refractivity contribution < 1.29 is 37.9 Å². The number of hydrogen-bond acceptors (Lipinski definition) is 4. The molecule has 0 saturated carbocycles. The maximum atomic E-state index is 9.81. The predicted molar refractivity (Wildman–Crippen MR) is 225 cm³/mol. The van der Waals surface area contributed by atoms with Crippen LogP contribution in [0.1, 0.15) is 41.7 Å². The Morgan fingerprint density at radius 2 is 1.13 bits per heavy atom. The molecule has 54 heavy (non-hydrogen) atoms.